The summed E-state index contributed by atoms with van der Waals surface area (Å²) in [5, 5.41) is 3.62. The van der Waals surface area contributed by atoms with Crippen LogP contribution in [-0.2, 0) is 22.6 Å². The van der Waals surface area contributed by atoms with E-state index in [1.807, 2.05) is 6.07 Å². The standard InChI is InChI=1S/C11H13ClN2O2S/c1-7(15)13-10-4-8-6-14(11(16)5-12)3-2-9(8)17-10/h4H,2-3,5-6H2,1H3,(H,13,15). The first kappa shape index (κ1) is 12.4. The van der Waals surface area contributed by atoms with Gasteiger partial charge in [-0.05, 0) is 18.1 Å². The number of thiophene rings is 1. The van der Waals surface area contributed by atoms with E-state index in [-0.39, 0.29) is 17.7 Å². The molecule has 0 fully saturated rings. The predicted octanol–water partition coefficient (Wildman–Crippen LogP) is 1.83. The van der Waals surface area contributed by atoms with E-state index in [0.717, 1.165) is 17.0 Å². The average Bonchev–Trinajstić information content (AvgIpc) is 2.67. The Morgan fingerprint density at radius 1 is 1.59 bits per heavy atom. The molecule has 1 N–H and O–H groups in total. The Balaban J connectivity index is 2.12. The zero-order chi connectivity index (χ0) is 12.4. The second kappa shape index (κ2) is 5.06. The van der Waals surface area contributed by atoms with Crippen molar-refractivity contribution < 1.29 is 9.59 Å². The van der Waals surface area contributed by atoms with Gasteiger partial charge in [-0.2, -0.15) is 0 Å². The summed E-state index contributed by atoms with van der Waals surface area (Å²) in [5.41, 5.74) is 1.11. The van der Waals surface area contributed by atoms with Gasteiger partial charge in [-0.3, -0.25) is 9.59 Å². The molecule has 0 saturated carbocycles. The van der Waals surface area contributed by atoms with Crippen LogP contribution in [0.25, 0.3) is 0 Å². The van der Waals surface area contributed by atoms with Gasteiger partial charge in [0.05, 0.1) is 5.00 Å². The van der Waals surface area contributed by atoms with Gasteiger partial charge in [0, 0.05) is 24.9 Å². The number of carbonyl (C=O) groups is 2. The smallest absolute Gasteiger partial charge is 0.237 e. The second-order valence-electron chi connectivity index (χ2n) is 3.94. The molecule has 0 saturated heterocycles. The molecule has 17 heavy (non-hydrogen) atoms. The van der Waals surface area contributed by atoms with Crippen LogP contribution in [0, 0.1) is 0 Å². The molecule has 0 radical (unpaired) electrons. The molecule has 0 spiro atoms. The lowest BCUT2D eigenvalue weighted by Gasteiger charge is -2.26. The Morgan fingerprint density at radius 3 is 3.00 bits per heavy atom. The number of amides is 2. The lowest BCUT2D eigenvalue weighted by Crippen LogP contribution is -2.36. The Hall–Kier alpha value is -1.07. The number of nitrogens with zero attached hydrogens (tertiary/aromatic N) is 1. The summed E-state index contributed by atoms with van der Waals surface area (Å²) in [4.78, 5) is 25.4. The number of hydrogen-bond acceptors (Lipinski definition) is 3. The Morgan fingerprint density at radius 2 is 2.35 bits per heavy atom. The minimum absolute atomic E-state index is 0.0258. The van der Waals surface area contributed by atoms with Gasteiger partial charge in [-0.1, -0.05) is 0 Å². The molecule has 1 aromatic heterocycles. The van der Waals surface area contributed by atoms with Crippen LogP contribution in [0.1, 0.15) is 17.4 Å². The quantitative estimate of drug-likeness (QED) is 0.835. The van der Waals surface area contributed by atoms with E-state index in [4.69, 9.17) is 11.6 Å². The molecule has 0 atom stereocenters. The van der Waals surface area contributed by atoms with Crippen LogP contribution in [0.15, 0.2) is 6.07 Å². The van der Waals surface area contributed by atoms with E-state index in [9.17, 15) is 9.59 Å². The highest BCUT2D eigenvalue weighted by Crippen LogP contribution is 2.31. The number of rotatable bonds is 2. The average molecular weight is 273 g/mol. The predicted molar refractivity (Wildman–Crippen MR) is 68.5 cm³/mol. The zero-order valence-electron chi connectivity index (χ0n) is 9.46. The molecular formula is C11H13ClN2O2S. The molecule has 2 rings (SSSR count). The van der Waals surface area contributed by atoms with Crippen molar-refractivity contribution >= 4 is 39.8 Å². The normalized spacial score (nSPS) is 14.4. The molecule has 0 bridgehead atoms. The second-order valence-corrected chi connectivity index (χ2v) is 5.34. The maximum Gasteiger partial charge on any atom is 0.237 e. The summed E-state index contributed by atoms with van der Waals surface area (Å²) in [7, 11) is 0. The van der Waals surface area contributed by atoms with E-state index < -0.39 is 0 Å². The van der Waals surface area contributed by atoms with Crippen molar-refractivity contribution in [3.63, 3.8) is 0 Å². The van der Waals surface area contributed by atoms with Gasteiger partial charge in [0.2, 0.25) is 11.8 Å². The highest BCUT2D eigenvalue weighted by Gasteiger charge is 2.22. The fourth-order valence-corrected chi connectivity index (χ4v) is 3.14. The van der Waals surface area contributed by atoms with E-state index in [1.54, 1.807) is 16.2 Å². The molecule has 0 unspecified atom stereocenters. The maximum atomic E-state index is 11.5. The Labute approximate surface area is 109 Å². The molecule has 92 valence electrons. The number of fused-ring (bicyclic) bond motifs is 1. The minimum atomic E-state index is -0.0720. The van der Waals surface area contributed by atoms with Crippen LogP contribution >= 0.6 is 22.9 Å². The summed E-state index contributed by atoms with van der Waals surface area (Å²) in [6, 6.07) is 1.94. The Bertz CT molecular complexity index is 458. The zero-order valence-corrected chi connectivity index (χ0v) is 11.0. The SMILES string of the molecule is CC(=O)Nc1cc2c(s1)CCN(C(=O)CCl)C2. The van der Waals surface area contributed by atoms with Crippen LogP contribution in [0.3, 0.4) is 0 Å². The molecule has 1 aliphatic rings. The fourth-order valence-electron chi connectivity index (χ4n) is 1.87. The van der Waals surface area contributed by atoms with Crippen molar-refractivity contribution in [3.05, 3.63) is 16.5 Å². The van der Waals surface area contributed by atoms with Gasteiger partial charge < -0.3 is 10.2 Å². The number of nitrogens with one attached hydrogen (secondary N) is 1. The molecule has 4 nitrogen and oxygen atoms in total. The van der Waals surface area contributed by atoms with Crippen molar-refractivity contribution in [2.24, 2.45) is 0 Å². The largest absolute Gasteiger partial charge is 0.337 e. The van der Waals surface area contributed by atoms with Gasteiger partial charge in [-0.25, -0.2) is 0 Å². The molecule has 0 aromatic carbocycles. The minimum Gasteiger partial charge on any atom is -0.337 e. The van der Waals surface area contributed by atoms with Crippen molar-refractivity contribution in [2.45, 2.75) is 19.9 Å². The maximum absolute atomic E-state index is 11.5. The van der Waals surface area contributed by atoms with E-state index in [0.29, 0.717) is 13.1 Å². The van der Waals surface area contributed by atoms with Crippen molar-refractivity contribution in [1.82, 2.24) is 4.90 Å². The molecule has 0 aliphatic carbocycles. The fraction of sp³-hybridized carbons (Fsp3) is 0.455. The number of halogens is 1. The molecule has 2 heterocycles. The van der Waals surface area contributed by atoms with Crippen LogP contribution in [0.5, 0.6) is 0 Å². The molecule has 6 heteroatoms. The summed E-state index contributed by atoms with van der Waals surface area (Å²) < 4.78 is 0. The van der Waals surface area contributed by atoms with E-state index in [2.05, 4.69) is 5.32 Å². The lowest BCUT2D eigenvalue weighted by molar-refractivity contribution is -0.129. The van der Waals surface area contributed by atoms with Gasteiger partial charge in [0.1, 0.15) is 5.88 Å². The van der Waals surface area contributed by atoms with Crippen molar-refractivity contribution in [1.29, 1.82) is 0 Å². The first-order valence-electron chi connectivity index (χ1n) is 5.33. The van der Waals surface area contributed by atoms with Gasteiger partial charge >= 0.3 is 0 Å². The van der Waals surface area contributed by atoms with Crippen molar-refractivity contribution in [3.8, 4) is 0 Å². The summed E-state index contributed by atoms with van der Waals surface area (Å²) in [6.07, 6.45) is 0.836. The highest BCUT2D eigenvalue weighted by molar-refractivity contribution is 7.16. The van der Waals surface area contributed by atoms with Crippen molar-refractivity contribution in [2.75, 3.05) is 17.7 Å². The third-order valence-electron chi connectivity index (χ3n) is 2.63. The topological polar surface area (TPSA) is 49.4 Å². The first-order valence-corrected chi connectivity index (χ1v) is 6.68. The number of hydrogen-bond donors (Lipinski definition) is 1. The lowest BCUT2D eigenvalue weighted by atomic mass is 10.1. The van der Waals surface area contributed by atoms with Crippen LogP contribution in [0.2, 0.25) is 0 Å². The molecular weight excluding hydrogens is 260 g/mol. The van der Waals surface area contributed by atoms with Gasteiger partial charge in [-0.15, -0.1) is 22.9 Å². The molecule has 1 aromatic rings. The number of anilines is 1. The monoisotopic (exact) mass is 272 g/mol. The molecule has 2 amide bonds. The van der Waals surface area contributed by atoms with E-state index in [1.165, 1.54) is 11.8 Å². The Kier molecular flexibility index (Phi) is 3.69. The van der Waals surface area contributed by atoms with Crippen LogP contribution in [-0.4, -0.2) is 29.1 Å². The third-order valence-corrected chi connectivity index (χ3v) is 4.01. The number of alkyl halides is 1. The number of carbonyl (C=O) groups excluding carboxylic acids is 2. The van der Waals surface area contributed by atoms with Gasteiger partial charge in [0.25, 0.3) is 0 Å². The summed E-state index contributed by atoms with van der Waals surface area (Å²) >= 11 is 7.12. The van der Waals surface area contributed by atoms with Crippen LogP contribution < -0.4 is 5.32 Å². The summed E-state index contributed by atoms with van der Waals surface area (Å²) in [6.45, 7) is 2.79. The molecule has 1 aliphatic heterocycles. The summed E-state index contributed by atoms with van der Waals surface area (Å²) in [5.74, 6) is -0.0836. The first-order chi connectivity index (χ1) is 8.10. The van der Waals surface area contributed by atoms with Gasteiger partial charge in [0.15, 0.2) is 0 Å². The van der Waals surface area contributed by atoms with E-state index >= 15 is 0 Å². The third kappa shape index (κ3) is 2.79. The van der Waals surface area contributed by atoms with Crippen LogP contribution in [0.4, 0.5) is 5.00 Å². The highest BCUT2D eigenvalue weighted by atomic mass is 35.5.